The molecule has 0 radical (unpaired) electrons. The van der Waals surface area contributed by atoms with Gasteiger partial charge in [-0.3, -0.25) is 9.59 Å². The largest absolute Gasteiger partial charge is 0.395 e. The van der Waals surface area contributed by atoms with E-state index in [4.69, 9.17) is 0 Å². The molecule has 0 unspecified atom stereocenters. The Bertz CT molecular complexity index is 643. The van der Waals surface area contributed by atoms with E-state index in [9.17, 15) is 27.2 Å². The van der Waals surface area contributed by atoms with E-state index in [0.29, 0.717) is 23.7 Å². The van der Waals surface area contributed by atoms with Crippen LogP contribution < -0.4 is 10.6 Å². The minimum Gasteiger partial charge on any atom is -0.348 e. The Morgan fingerprint density at radius 1 is 0.700 bits per heavy atom. The first-order valence-electron chi connectivity index (χ1n) is 11.4. The van der Waals surface area contributed by atoms with Gasteiger partial charge in [0.05, 0.1) is 0 Å². The second kappa shape index (κ2) is 7.66. The molecular weight excluding hydrogens is 400 g/mol. The predicted molar refractivity (Wildman–Crippen MR) is 103 cm³/mol. The van der Waals surface area contributed by atoms with Crippen LogP contribution in [0.5, 0.6) is 0 Å². The first kappa shape index (κ1) is 21.9. The summed E-state index contributed by atoms with van der Waals surface area (Å²) in [6.45, 7) is 3.18. The van der Waals surface area contributed by atoms with Crippen LogP contribution in [-0.4, -0.2) is 35.7 Å². The van der Waals surface area contributed by atoms with Gasteiger partial charge >= 0.3 is 11.8 Å². The third-order valence-electron chi connectivity index (χ3n) is 8.55. The van der Waals surface area contributed by atoms with Crippen LogP contribution in [0.3, 0.4) is 0 Å². The van der Waals surface area contributed by atoms with Gasteiger partial charge in [0.15, 0.2) is 0 Å². The smallest absolute Gasteiger partial charge is 0.348 e. The fourth-order valence-corrected chi connectivity index (χ4v) is 6.91. The molecule has 0 saturated heterocycles. The number of alkyl halides is 4. The zero-order valence-electron chi connectivity index (χ0n) is 17.6. The lowest BCUT2D eigenvalue weighted by Gasteiger charge is -2.33. The predicted octanol–water partition coefficient (Wildman–Crippen LogP) is 4.14. The normalized spacial score (nSPS) is 37.3. The standard InChI is InChI=1S/C22H32F4N2O2/c1-11(17-9-13-3-5-15(17)7-13)27-19(29)21(23,24)22(25,26)20(30)28-12(2)18-10-14-4-6-16(18)8-14/h11-18H,3-10H2,1-2H3,(H,27,29)(H,28,30)/t11-,12+,13-,14-,15-,16-,17+,18-/m0/s1. The van der Waals surface area contributed by atoms with E-state index >= 15 is 0 Å². The number of fused-ring (bicyclic) bond motifs is 4. The second-order valence-corrected chi connectivity index (χ2v) is 10.4. The van der Waals surface area contributed by atoms with Gasteiger partial charge in [-0.2, -0.15) is 17.6 Å². The van der Waals surface area contributed by atoms with Crippen molar-refractivity contribution in [2.75, 3.05) is 0 Å². The van der Waals surface area contributed by atoms with Gasteiger partial charge in [0.25, 0.3) is 11.8 Å². The highest BCUT2D eigenvalue weighted by molar-refractivity contribution is 5.95. The van der Waals surface area contributed by atoms with Gasteiger partial charge < -0.3 is 10.6 Å². The van der Waals surface area contributed by atoms with Crippen LogP contribution >= 0.6 is 0 Å². The average Bonchev–Trinajstić information content (AvgIpc) is 3.47. The third-order valence-corrected chi connectivity index (χ3v) is 8.55. The molecule has 4 rings (SSSR count). The van der Waals surface area contributed by atoms with Crippen LogP contribution in [0.4, 0.5) is 17.6 Å². The molecule has 4 fully saturated rings. The molecule has 170 valence electrons. The fraction of sp³-hybridized carbons (Fsp3) is 0.909. The van der Waals surface area contributed by atoms with Crippen molar-refractivity contribution in [2.24, 2.45) is 35.5 Å². The van der Waals surface area contributed by atoms with Crippen molar-refractivity contribution in [1.82, 2.24) is 10.6 Å². The molecule has 4 bridgehead atoms. The van der Waals surface area contributed by atoms with Gasteiger partial charge in [0.2, 0.25) is 0 Å². The van der Waals surface area contributed by atoms with Crippen LogP contribution in [0.1, 0.15) is 65.2 Å². The van der Waals surface area contributed by atoms with E-state index in [1.807, 2.05) is 0 Å². The van der Waals surface area contributed by atoms with Crippen molar-refractivity contribution in [3.8, 4) is 0 Å². The number of amides is 2. The number of hydrogen-bond acceptors (Lipinski definition) is 2. The molecule has 0 spiro atoms. The maximum absolute atomic E-state index is 14.4. The van der Waals surface area contributed by atoms with Gasteiger partial charge in [0, 0.05) is 12.1 Å². The Labute approximate surface area is 174 Å². The fourth-order valence-electron chi connectivity index (χ4n) is 6.91. The molecule has 4 aliphatic rings. The number of hydrogen-bond donors (Lipinski definition) is 2. The number of rotatable bonds is 7. The van der Waals surface area contributed by atoms with E-state index in [1.165, 1.54) is 0 Å². The van der Waals surface area contributed by atoms with Crippen LogP contribution in [0.2, 0.25) is 0 Å². The van der Waals surface area contributed by atoms with Crippen molar-refractivity contribution in [1.29, 1.82) is 0 Å². The summed E-state index contributed by atoms with van der Waals surface area (Å²) >= 11 is 0. The van der Waals surface area contributed by atoms with E-state index < -0.39 is 35.7 Å². The van der Waals surface area contributed by atoms with Crippen LogP contribution in [0, 0.1) is 35.5 Å². The van der Waals surface area contributed by atoms with Crippen LogP contribution in [-0.2, 0) is 9.59 Å². The second-order valence-electron chi connectivity index (χ2n) is 10.4. The van der Waals surface area contributed by atoms with E-state index in [-0.39, 0.29) is 11.8 Å². The topological polar surface area (TPSA) is 58.2 Å². The number of carbonyl (C=O) groups excluding carboxylic acids is 2. The first-order valence-corrected chi connectivity index (χ1v) is 11.4. The van der Waals surface area contributed by atoms with E-state index in [1.54, 1.807) is 13.8 Å². The lowest BCUT2D eigenvalue weighted by Crippen LogP contribution is -2.62. The lowest BCUT2D eigenvalue weighted by molar-refractivity contribution is -0.212. The molecule has 2 N–H and O–H groups in total. The minimum absolute atomic E-state index is 0.0313. The summed E-state index contributed by atoms with van der Waals surface area (Å²) in [7, 11) is 0. The lowest BCUT2D eigenvalue weighted by atomic mass is 9.83. The molecule has 0 aromatic carbocycles. The van der Waals surface area contributed by atoms with Crippen molar-refractivity contribution >= 4 is 11.8 Å². The molecule has 30 heavy (non-hydrogen) atoms. The molecule has 8 heteroatoms. The van der Waals surface area contributed by atoms with Crippen molar-refractivity contribution in [3.05, 3.63) is 0 Å². The van der Waals surface area contributed by atoms with Crippen LogP contribution in [0.25, 0.3) is 0 Å². The summed E-state index contributed by atoms with van der Waals surface area (Å²) in [6, 6.07) is -1.24. The molecular formula is C22H32F4N2O2. The Morgan fingerprint density at radius 2 is 1.07 bits per heavy atom. The zero-order valence-corrected chi connectivity index (χ0v) is 17.6. The molecule has 0 heterocycles. The summed E-state index contributed by atoms with van der Waals surface area (Å²) in [6.07, 6.45) is 7.89. The third kappa shape index (κ3) is 3.62. The maximum Gasteiger partial charge on any atom is 0.395 e. The molecule has 4 saturated carbocycles. The van der Waals surface area contributed by atoms with Crippen molar-refractivity contribution in [2.45, 2.75) is 89.1 Å². The molecule has 0 aromatic rings. The van der Waals surface area contributed by atoms with E-state index in [0.717, 1.165) is 51.4 Å². The molecule has 0 aromatic heterocycles. The Morgan fingerprint density at radius 3 is 1.33 bits per heavy atom. The van der Waals surface area contributed by atoms with Crippen molar-refractivity contribution in [3.63, 3.8) is 0 Å². The summed E-state index contributed by atoms with van der Waals surface area (Å²) < 4.78 is 57.7. The highest BCUT2D eigenvalue weighted by atomic mass is 19.3. The van der Waals surface area contributed by atoms with Gasteiger partial charge in [-0.1, -0.05) is 12.8 Å². The van der Waals surface area contributed by atoms with Gasteiger partial charge in [0.1, 0.15) is 0 Å². The quantitative estimate of drug-likeness (QED) is 0.594. The highest BCUT2D eigenvalue weighted by Gasteiger charge is 2.67. The Balaban J connectivity index is 1.36. The minimum atomic E-state index is -5.10. The summed E-state index contributed by atoms with van der Waals surface area (Å²) in [5.74, 6) is -12.5. The van der Waals surface area contributed by atoms with E-state index in [2.05, 4.69) is 10.6 Å². The van der Waals surface area contributed by atoms with Crippen molar-refractivity contribution < 1.29 is 27.2 Å². The number of halogens is 4. The molecule has 2 amide bonds. The average molecular weight is 433 g/mol. The Kier molecular flexibility index (Phi) is 5.59. The molecule has 0 aliphatic heterocycles. The Hall–Kier alpha value is -1.34. The highest BCUT2D eigenvalue weighted by Crippen LogP contribution is 2.50. The van der Waals surface area contributed by atoms with Crippen LogP contribution in [0.15, 0.2) is 0 Å². The number of carbonyl (C=O) groups is 2. The maximum atomic E-state index is 14.4. The molecule has 4 aliphatic carbocycles. The van der Waals surface area contributed by atoms with Gasteiger partial charge in [-0.25, -0.2) is 0 Å². The number of nitrogens with one attached hydrogen (secondary N) is 2. The van der Waals surface area contributed by atoms with Gasteiger partial charge in [-0.05, 0) is 87.9 Å². The summed E-state index contributed by atoms with van der Waals surface area (Å²) in [4.78, 5) is 24.2. The summed E-state index contributed by atoms with van der Waals surface area (Å²) in [5.41, 5.74) is 0. The SMILES string of the molecule is C[C@H](NC(=O)C(F)(F)C(F)(F)C(=O)N[C@H](C)[C@@H]1C[C@H]2CC[C@H]1C2)[C@H]1C[C@H]2CC[C@H]1C2. The first-order chi connectivity index (χ1) is 14.0. The summed E-state index contributed by atoms with van der Waals surface area (Å²) in [5, 5.41) is 4.18. The molecule has 4 nitrogen and oxygen atoms in total. The monoisotopic (exact) mass is 432 g/mol. The molecule has 8 atom stereocenters. The van der Waals surface area contributed by atoms with Gasteiger partial charge in [-0.15, -0.1) is 0 Å². The zero-order chi connectivity index (χ0) is 21.8.